The second kappa shape index (κ2) is 7.84. The minimum absolute atomic E-state index is 0.363. The number of ether oxygens (including phenoxy) is 3. The molecule has 2 aromatic carbocycles. The first-order valence-electron chi connectivity index (χ1n) is 7.28. The van der Waals surface area contributed by atoms with Crippen molar-refractivity contribution in [2.24, 2.45) is 0 Å². The number of benzene rings is 2. The molecule has 0 bridgehead atoms. The highest BCUT2D eigenvalue weighted by Crippen LogP contribution is 2.31. The predicted octanol–water partition coefficient (Wildman–Crippen LogP) is 4.15. The Morgan fingerprint density at radius 3 is 2.58 bits per heavy atom. The molecule has 2 aromatic rings. The minimum atomic E-state index is -0.384. The van der Waals surface area contributed by atoms with Gasteiger partial charge in [0.15, 0.2) is 0 Å². The number of rotatable bonds is 6. The number of nitriles is 1. The number of nitrogens with zero attached hydrogens (tertiary/aromatic N) is 1. The first kappa shape index (κ1) is 17.1. The summed E-state index contributed by atoms with van der Waals surface area (Å²) in [5, 5.41) is 9.22. The summed E-state index contributed by atoms with van der Waals surface area (Å²) >= 11 is 0. The lowest BCUT2D eigenvalue weighted by Crippen LogP contribution is -2.02. The van der Waals surface area contributed by atoms with Crippen LogP contribution < -0.4 is 14.2 Å². The summed E-state index contributed by atoms with van der Waals surface area (Å²) in [7, 11) is 0. The van der Waals surface area contributed by atoms with Crippen molar-refractivity contribution in [1.82, 2.24) is 0 Å². The van der Waals surface area contributed by atoms with Gasteiger partial charge >= 0.3 is 5.97 Å². The average Bonchev–Trinajstić information content (AvgIpc) is 2.55. The van der Waals surface area contributed by atoms with Gasteiger partial charge in [-0.15, -0.1) is 0 Å². The van der Waals surface area contributed by atoms with Crippen LogP contribution >= 0.6 is 0 Å². The van der Waals surface area contributed by atoms with Gasteiger partial charge in [0.25, 0.3) is 0 Å². The Balaban J connectivity index is 2.26. The third-order valence-electron chi connectivity index (χ3n) is 3.07. The van der Waals surface area contributed by atoms with Gasteiger partial charge in [-0.25, -0.2) is 0 Å². The van der Waals surface area contributed by atoms with Crippen molar-refractivity contribution in [3.05, 3.63) is 60.2 Å². The Morgan fingerprint density at radius 2 is 1.96 bits per heavy atom. The molecule has 5 nitrogen and oxygen atoms in total. The highest BCUT2D eigenvalue weighted by molar-refractivity contribution is 5.70. The molecule has 0 atom stereocenters. The molecule has 0 radical (unpaired) electrons. The summed E-state index contributed by atoms with van der Waals surface area (Å²) in [6, 6.07) is 12.1. The molecule has 24 heavy (non-hydrogen) atoms. The van der Waals surface area contributed by atoms with E-state index in [1.807, 2.05) is 0 Å². The summed E-state index contributed by atoms with van der Waals surface area (Å²) in [5.41, 5.74) is 1.14. The fourth-order valence-electron chi connectivity index (χ4n) is 2.01. The Hall–Kier alpha value is -3.26. The lowest BCUT2D eigenvalue weighted by Gasteiger charge is -2.12. The Labute approximate surface area is 140 Å². The third-order valence-corrected chi connectivity index (χ3v) is 3.07. The first-order chi connectivity index (χ1) is 11.5. The van der Waals surface area contributed by atoms with E-state index in [1.54, 1.807) is 49.4 Å². The summed E-state index contributed by atoms with van der Waals surface area (Å²) in [5.74, 6) is 1.58. The molecule has 0 amide bonds. The summed E-state index contributed by atoms with van der Waals surface area (Å²) in [6.07, 6.45) is 1.63. The SMILES string of the molecule is C=CCOc1ccc(C#N)c(Oc2ccc(OC(C)=O)c(C)c2)c1. The molecule has 0 fully saturated rings. The van der Waals surface area contributed by atoms with Gasteiger partial charge in [-0.2, -0.15) is 5.26 Å². The second-order valence-electron chi connectivity index (χ2n) is 4.99. The summed E-state index contributed by atoms with van der Waals surface area (Å²) in [4.78, 5) is 11.0. The molecule has 0 saturated heterocycles. The third kappa shape index (κ3) is 4.37. The molecule has 0 heterocycles. The molecule has 2 rings (SSSR count). The van der Waals surface area contributed by atoms with Crippen molar-refractivity contribution < 1.29 is 19.0 Å². The van der Waals surface area contributed by atoms with E-state index in [1.165, 1.54) is 6.92 Å². The van der Waals surface area contributed by atoms with Crippen LogP contribution in [-0.4, -0.2) is 12.6 Å². The van der Waals surface area contributed by atoms with E-state index >= 15 is 0 Å². The number of aryl methyl sites for hydroxylation is 1. The molecule has 0 aromatic heterocycles. The van der Waals surface area contributed by atoms with Crippen molar-refractivity contribution in [3.63, 3.8) is 0 Å². The maximum absolute atomic E-state index is 11.0. The smallest absolute Gasteiger partial charge is 0.308 e. The Kier molecular flexibility index (Phi) is 5.58. The van der Waals surface area contributed by atoms with Gasteiger partial charge in [0.05, 0.1) is 5.56 Å². The number of hydrogen-bond donors (Lipinski definition) is 0. The maximum atomic E-state index is 11.0. The average molecular weight is 323 g/mol. The fraction of sp³-hybridized carbons (Fsp3) is 0.158. The lowest BCUT2D eigenvalue weighted by atomic mass is 10.2. The van der Waals surface area contributed by atoms with Crippen LogP contribution in [0.15, 0.2) is 49.1 Å². The molecule has 0 aliphatic heterocycles. The van der Waals surface area contributed by atoms with E-state index in [0.717, 1.165) is 5.56 Å². The molecule has 122 valence electrons. The largest absolute Gasteiger partial charge is 0.489 e. The van der Waals surface area contributed by atoms with E-state index in [-0.39, 0.29) is 5.97 Å². The molecule has 0 spiro atoms. The number of carbonyl (C=O) groups is 1. The van der Waals surface area contributed by atoms with Gasteiger partial charge in [-0.3, -0.25) is 4.79 Å². The van der Waals surface area contributed by atoms with Crippen molar-refractivity contribution >= 4 is 5.97 Å². The quantitative estimate of drug-likeness (QED) is 0.454. The van der Waals surface area contributed by atoms with Crippen molar-refractivity contribution in [2.45, 2.75) is 13.8 Å². The predicted molar refractivity (Wildman–Crippen MR) is 89.4 cm³/mol. The van der Waals surface area contributed by atoms with Gasteiger partial charge in [-0.1, -0.05) is 12.7 Å². The molecular formula is C19H17NO4. The van der Waals surface area contributed by atoms with Crippen LogP contribution in [0.3, 0.4) is 0 Å². The standard InChI is InChI=1S/C19H17NO4/c1-4-9-22-16-6-5-15(12-20)19(11-16)24-17-7-8-18(13(2)10-17)23-14(3)21/h4-8,10-11H,1,9H2,2-3H3. The molecule has 0 aliphatic carbocycles. The van der Waals surface area contributed by atoms with Crippen LogP contribution in [-0.2, 0) is 4.79 Å². The molecule has 0 aliphatic rings. The molecule has 0 N–H and O–H groups in total. The number of esters is 1. The van der Waals surface area contributed by atoms with Crippen LogP contribution in [0.25, 0.3) is 0 Å². The van der Waals surface area contributed by atoms with Crippen molar-refractivity contribution in [1.29, 1.82) is 5.26 Å². The van der Waals surface area contributed by atoms with E-state index in [0.29, 0.717) is 35.2 Å². The van der Waals surface area contributed by atoms with Crippen molar-refractivity contribution in [3.8, 4) is 29.1 Å². The van der Waals surface area contributed by atoms with Crippen LogP contribution in [0.2, 0.25) is 0 Å². The van der Waals surface area contributed by atoms with Gasteiger partial charge in [0.2, 0.25) is 0 Å². The first-order valence-corrected chi connectivity index (χ1v) is 7.28. The zero-order valence-corrected chi connectivity index (χ0v) is 13.5. The van der Waals surface area contributed by atoms with Gasteiger partial charge in [0.1, 0.15) is 35.7 Å². The van der Waals surface area contributed by atoms with Crippen LogP contribution in [0, 0.1) is 18.3 Å². The molecular weight excluding hydrogens is 306 g/mol. The highest BCUT2D eigenvalue weighted by Gasteiger charge is 2.09. The van der Waals surface area contributed by atoms with Crippen LogP contribution in [0.5, 0.6) is 23.0 Å². The van der Waals surface area contributed by atoms with E-state index in [9.17, 15) is 10.1 Å². The van der Waals surface area contributed by atoms with E-state index in [4.69, 9.17) is 14.2 Å². The van der Waals surface area contributed by atoms with E-state index in [2.05, 4.69) is 12.6 Å². The van der Waals surface area contributed by atoms with E-state index < -0.39 is 0 Å². The topological polar surface area (TPSA) is 68.6 Å². The normalized spacial score (nSPS) is 9.71. The zero-order valence-electron chi connectivity index (χ0n) is 13.5. The molecule has 0 unspecified atom stereocenters. The summed E-state index contributed by atoms with van der Waals surface area (Å²) < 4.78 is 16.3. The maximum Gasteiger partial charge on any atom is 0.308 e. The minimum Gasteiger partial charge on any atom is -0.489 e. The van der Waals surface area contributed by atoms with Crippen LogP contribution in [0.4, 0.5) is 0 Å². The van der Waals surface area contributed by atoms with Gasteiger partial charge in [0, 0.05) is 13.0 Å². The number of carbonyl (C=O) groups excluding carboxylic acids is 1. The second-order valence-corrected chi connectivity index (χ2v) is 4.99. The van der Waals surface area contributed by atoms with Gasteiger partial charge in [-0.05, 0) is 42.8 Å². The Bertz CT molecular complexity index is 805. The molecule has 5 heteroatoms. The summed E-state index contributed by atoms with van der Waals surface area (Å²) in [6.45, 7) is 7.11. The monoisotopic (exact) mass is 323 g/mol. The van der Waals surface area contributed by atoms with Crippen molar-refractivity contribution in [2.75, 3.05) is 6.61 Å². The highest BCUT2D eigenvalue weighted by atomic mass is 16.5. The molecule has 0 saturated carbocycles. The van der Waals surface area contributed by atoms with Gasteiger partial charge < -0.3 is 14.2 Å². The number of hydrogen-bond acceptors (Lipinski definition) is 5. The Morgan fingerprint density at radius 1 is 1.21 bits per heavy atom. The lowest BCUT2D eigenvalue weighted by molar-refractivity contribution is -0.131. The van der Waals surface area contributed by atoms with Crippen LogP contribution in [0.1, 0.15) is 18.1 Å². The fourth-order valence-corrected chi connectivity index (χ4v) is 2.01. The zero-order chi connectivity index (χ0) is 17.5.